The summed E-state index contributed by atoms with van der Waals surface area (Å²) in [5.74, 6) is 0.297. The minimum Gasteiger partial charge on any atom is -0.444 e. The molecule has 9 nitrogen and oxygen atoms in total. The fourth-order valence-electron chi connectivity index (χ4n) is 5.63. The molecule has 5 heterocycles. The van der Waals surface area contributed by atoms with Crippen LogP contribution in [-0.2, 0) is 16.2 Å². The zero-order valence-electron chi connectivity index (χ0n) is 25.8. The zero-order chi connectivity index (χ0) is 30.2. The van der Waals surface area contributed by atoms with E-state index in [2.05, 4.69) is 48.4 Å². The van der Waals surface area contributed by atoms with Gasteiger partial charge in [0.05, 0.1) is 22.5 Å². The number of hydrogen-bond acceptors (Lipinski definition) is 6. The number of carbonyl (C=O) groups excluding carboxylic acids is 1. The molecule has 4 aromatic heterocycles. The minimum atomic E-state index is -1.22. The van der Waals surface area contributed by atoms with E-state index in [1.54, 1.807) is 12.4 Å². The Labute approximate surface area is 249 Å². The number of carbonyl (C=O) groups is 1. The van der Waals surface area contributed by atoms with Gasteiger partial charge in [0, 0.05) is 69.7 Å². The number of likely N-dealkylation sites (tertiary alicyclic amines) is 1. The van der Waals surface area contributed by atoms with Gasteiger partial charge < -0.3 is 23.5 Å². The molecule has 0 N–H and O–H groups in total. The summed E-state index contributed by atoms with van der Waals surface area (Å²) >= 11 is 0. The van der Waals surface area contributed by atoms with Gasteiger partial charge in [-0.15, -0.1) is 0 Å². The van der Waals surface area contributed by atoms with Gasteiger partial charge in [-0.3, -0.25) is 4.98 Å². The number of hydrogen-bond donors (Lipinski definition) is 0. The third kappa shape index (κ3) is 6.22. The van der Waals surface area contributed by atoms with Crippen molar-refractivity contribution < 1.29 is 14.3 Å². The molecule has 0 aromatic carbocycles. The van der Waals surface area contributed by atoms with E-state index < -0.39 is 13.7 Å². The maximum absolute atomic E-state index is 13.1. The third-order valence-corrected chi connectivity index (χ3v) is 9.64. The Kier molecular flexibility index (Phi) is 8.18. The van der Waals surface area contributed by atoms with Crippen LogP contribution in [0, 0.1) is 17.2 Å². The standard InChI is InChI=1S/C32H42N6O3Si/c1-22-10-13-36(31(39)41-32(2,3)4)20-27(22)38-19-26(23-8-11-34-12-9-23)25-17-35-30-28(29(25)38)24(16-33)18-37(30)21-40-14-15-42(5,6)7/h8-9,11-12,17-19,22,27H,10,13-15,20-21H2,1-7H3/t22-,27+/m1/s1. The lowest BCUT2D eigenvalue weighted by Crippen LogP contribution is -2.45. The molecule has 10 heteroatoms. The van der Waals surface area contributed by atoms with Crippen LogP contribution >= 0.6 is 0 Å². The fourth-order valence-corrected chi connectivity index (χ4v) is 6.39. The Morgan fingerprint density at radius 2 is 1.93 bits per heavy atom. The summed E-state index contributed by atoms with van der Waals surface area (Å²) < 4.78 is 16.0. The van der Waals surface area contributed by atoms with Gasteiger partial charge in [0.1, 0.15) is 24.0 Å². The van der Waals surface area contributed by atoms with E-state index in [9.17, 15) is 10.1 Å². The van der Waals surface area contributed by atoms with Gasteiger partial charge in [-0.1, -0.05) is 26.6 Å². The topological polar surface area (TPSA) is 98.2 Å². The van der Waals surface area contributed by atoms with Gasteiger partial charge in [-0.2, -0.15) is 5.26 Å². The second kappa shape index (κ2) is 11.5. The summed E-state index contributed by atoms with van der Waals surface area (Å²) in [6, 6.07) is 7.46. The van der Waals surface area contributed by atoms with Crippen molar-refractivity contribution in [1.82, 2.24) is 24.0 Å². The highest BCUT2D eigenvalue weighted by molar-refractivity contribution is 6.76. The van der Waals surface area contributed by atoms with Gasteiger partial charge in [0.2, 0.25) is 0 Å². The maximum Gasteiger partial charge on any atom is 0.410 e. The number of nitrogens with zero attached hydrogens (tertiary/aromatic N) is 6. The molecule has 0 saturated carbocycles. The van der Waals surface area contributed by atoms with E-state index in [0.29, 0.717) is 37.9 Å². The monoisotopic (exact) mass is 586 g/mol. The first-order valence-corrected chi connectivity index (χ1v) is 18.5. The minimum absolute atomic E-state index is 0.0159. The molecule has 5 rings (SSSR count). The Morgan fingerprint density at radius 3 is 2.60 bits per heavy atom. The lowest BCUT2D eigenvalue weighted by molar-refractivity contribution is 0.0128. The highest BCUT2D eigenvalue weighted by Gasteiger charge is 2.34. The highest BCUT2D eigenvalue weighted by atomic mass is 28.3. The van der Waals surface area contributed by atoms with Gasteiger partial charge in [0.15, 0.2) is 0 Å². The van der Waals surface area contributed by atoms with E-state index in [-0.39, 0.29) is 12.1 Å². The van der Waals surface area contributed by atoms with Crippen LogP contribution in [0.3, 0.4) is 0 Å². The molecule has 1 saturated heterocycles. The molecule has 0 aliphatic carbocycles. The first-order valence-electron chi connectivity index (χ1n) is 14.7. The van der Waals surface area contributed by atoms with Crippen molar-refractivity contribution in [3.05, 3.63) is 48.7 Å². The summed E-state index contributed by atoms with van der Waals surface area (Å²) in [7, 11) is -1.22. The number of fused-ring (bicyclic) bond motifs is 3. The number of aromatic nitrogens is 4. The van der Waals surface area contributed by atoms with Crippen LogP contribution in [0.15, 0.2) is 43.1 Å². The van der Waals surface area contributed by atoms with Crippen molar-refractivity contribution in [1.29, 1.82) is 5.26 Å². The second-order valence-corrected chi connectivity index (χ2v) is 19.3. The Hall–Kier alpha value is -3.68. The summed E-state index contributed by atoms with van der Waals surface area (Å²) in [6.07, 6.45) is 10.0. The van der Waals surface area contributed by atoms with E-state index in [0.717, 1.165) is 45.5 Å². The van der Waals surface area contributed by atoms with Crippen LogP contribution in [0.25, 0.3) is 33.1 Å². The van der Waals surface area contributed by atoms with Crippen molar-refractivity contribution in [2.45, 2.75) is 78.2 Å². The summed E-state index contributed by atoms with van der Waals surface area (Å²) in [6.45, 7) is 17.1. The van der Waals surface area contributed by atoms with Gasteiger partial charge in [-0.05, 0) is 56.9 Å². The molecular formula is C32H42N6O3Si. The van der Waals surface area contributed by atoms with Crippen LogP contribution < -0.4 is 0 Å². The van der Waals surface area contributed by atoms with Gasteiger partial charge >= 0.3 is 6.09 Å². The van der Waals surface area contributed by atoms with Gasteiger partial charge in [-0.25, -0.2) is 9.78 Å². The summed E-state index contributed by atoms with van der Waals surface area (Å²) in [5, 5.41) is 12.0. The molecular weight excluding hydrogens is 544 g/mol. The molecule has 0 bridgehead atoms. The number of pyridine rings is 2. The maximum atomic E-state index is 13.1. The highest BCUT2D eigenvalue weighted by Crippen LogP contribution is 2.40. The quantitative estimate of drug-likeness (QED) is 0.170. The summed E-state index contributed by atoms with van der Waals surface area (Å²) in [5.41, 5.74) is 3.71. The molecule has 1 amide bonds. The van der Waals surface area contributed by atoms with Crippen LogP contribution in [-0.4, -0.2) is 63.5 Å². The van der Waals surface area contributed by atoms with Crippen LogP contribution in [0.2, 0.25) is 25.7 Å². The molecule has 0 radical (unpaired) electrons. The lowest BCUT2D eigenvalue weighted by Gasteiger charge is -2.38. The largest absolute Gasteiger partial charge is 0.444 e. The van der Waals surface area contributed by atoms with E-state index in [1.165, 1.54) is 0 Å². The van der Waals surface area contributed by atoms with Crippen molar-refractivity contribution in [2.24, 2.45) is 5.92 Å². The van der Waals surface area contributed by atoms with Crippen LogP contribution in [0.4, 0.5) is 4.79 Å². The molecule has 222 valence electrons. The first-order chi connectivity index (χ1) is 19.9. The molecule has 2 atom stereocenters. The Morgan fingerprint density at radius 1 is 1.19 bits per heavy atom. The van der Waals surface area contributed by atoms with E-state index >= 15 is 0 Å². The third-order valence-electron chi connectivity index (χ3n) is 7.94. The summed E-state index contributed by atoms with van der Waals surface area (Å²) in [4.78, 5) is 24.0. The molecule has 0 spiro atoms. The molecule has 0 unspecified atom stereocenters. The molecule has 42 heavy (non-hydrogen) atoms. The SMILES string of the molecule is C[C@@H]1CCN(C(=O)OC(C)(C)C)C[C@@H]1n1cc(-c2ccncc2)c2cnc3c(c(C#N)cn3COCC[Si](C)(C)C)c21. The number of amides is 1. The molecule has 1 aliphatic rings. The van der Waals surface area contributed by atoms with Crippen LogP contribution in [0.1, 0.15) is 45.7 Å². The van der Waals surface area contributed by atoms with Crippen molar-refractivity contribution in [3.63, 3.8) is 0 Å². The first kappa shape index (κ1) is 29.8. The van der Waals surface area contributed by atoms with E-state index in [1.807, 2.05) is 54.8 Å². The zero-order valence-corrected chi connectivity index (χ0v) is 26.8. The number of ether oxygens (including phenoxy) is 2. The fraction of sp³-hybridized carbons (Fsp3) is 0.500. The second-order valence-electron chi connectivity index (χ2n) is 13.6. The average molecular weight is 587 g/mol. The predicted molar refractivity (Wildman–Crippen MR) is 168 cm³/mol. The predicted octanol–water partition coefficient (Wildman–Crippen LogP) is 7.05. The van der Waals surface area contributed by atoms with Gasteiger partial charge in [0.25, 0.3) is 0 Å². The molecule has 4 aromatic rings. The molecule has 1 fully saturated rings. The molecule has 1 aliphatic heterocycles. The Balaban J connectivity index is 1.63. The van der Waals surface area contributed by atoms with Crippen molar-refractivity contribution in [2.75, 3.05) is 19.7 Å². The normalized spacial score (nSPS) is 18.0. The van der Waals surface area contributed by atoms with E-state index in [4.69, 9.17) is 14.5 Å². The van der Waals surface area contributed by atoms with Crippen LogP contribution in [0.5, 0.6) is 0 Å². The van der Waals surface area contributed by atoms with Crippen molar-refractivity contribution >= 4 is 36.1 Å². The average Bonchev–Trinajstić information content (AvgIpc) is 3.48. The lowest BCUT2D eigenvalue weighted by atomic mass is 9.93. The number of piperidine rings is 1. The number of rotatable bonds is 7. The van der Waals surface area contributed by atoms with Crippen molar-refractivity contribution in [3.8, 4) is 17.2 Å². The smallest absolute Gasteiger partial charge is 0.410 e. The Bertz CT molecular complexity index is 1620. The number of nitriles is 1.